The van der Waals surface area contributed by atoms with Crippen LogP contribution in [0.4, 0.5) is 0 Å². The minimum Gasteiger partial charge on any atom is -0.505 e. The van der Waals surface area contributed by atoms with Crippen molar-refractivity contribution in [3.8, 4) is 5.75 Å². The Kier molecular flexibility index (Phi) is 5.34. The quantitative estimate of drug-likeness (QED) is 0.418. The van der Waals surface area contributed by atoms with Crippen LogP contribution in [0, 0.1) is 0 Å². The number of thiazole rings is 1. The van der Waals surface area contributed by atoms with Crippen LogP contribution >= 0.6 is 22.9 Å². The maximum absolute atomic E-state index is 13.2. The number of pyridine rings is 2. The van der Waals surface area contributed by atoms with Gasteiger partial charge in [-0.05, 0) is 37.3 Å². The zero-order valence-corrected chi connectivity index (χ0v) is 17.6. The van der Waals surface area contributed by atoms with E-state index in [1.807, 2.05) is 6.07 Å². The zero-order chi connectivity index (χ0) is 22.3. The van der Waals surface area contributed by atoms with Crippen molar-refractivity contribution < 1.29 is 19.8 Å². The average Bonchev–Trinajstić information content (AvgIpc) is 3.12. The van der Waals surface area contributed by atoms with Gasteiger partial charge in [0.15, 0.2) is 5.75 Å². The Morgan fingerprint density at radius 2 is 2.10 bits per heavy atom. The normalized spacial score (nSPS) is 12.2. The Morgan fingerprint density at radius 3 is 2.84 bits per heavy atom. The molecular weight excluding hydrogens is 444 g/mol. The lowest BCUT2D eigenvalue weighted by Gasteiger charge is -2.14. The van der Waals surface area contributed by atoms with Gasteiger partial charge in [0.1, 0.15) is 22.1 Å². The van der Waals surface area contributed by atoms with E-state index < -0.39 is 34.8 Å². The first-order chi connectivity index (χ1) is 14.8. The summed E-state index contributed by atoms with van der Waals surface area (Å²) in [6.45, 7) is 1.27. The van der Waals surface area contributed by atoms with Gasteiger partial charge in [-0.15, -0.1) is 11.3 Å². The molecule has 0 radical (unpaired) electrons. The highest BCUT2D eigenvalue weighted by Gasteiger charge is 2.26. The molecule has 3 N–H and O–H groups in total. The second-order valence-corrected chi connectivity index (χ2v) is 8.29. The van der Waals surface area contributed by atoms with E-state index in [0.29, 0.717) is 21.1 Å². The molecule has 1 aromatic carbocycles. The number of hydrogen-bond acceptors (Lipinski definition) is 7. The van der Waals surface area contributed by atoms with Gasteiger partial charge < -0.3 is 15.5 Å². The molecule has 4 rings (SSSR count). The summed E-state index contributed by atoms with van der Waals surface area (Å²) in [5.74, 6) is -2.89. The van der Waals surface area contributed by atoms with Crippen LogP contribution in [0.1, 0.15) is 22.3 Å². The molecule has 0 saturated heterocycles. The molecule has 3 heterocycles. The fraction of sp³-hybridized carbons (Fsp3) is 0.150. The lowest BCUT2D eigenvalue weighted by molar-refractivity contribution is -0.138. The molecule has 0 fully saturated rings. The summed E-state index contributed by atoms with van der Waals surface area (Å²) in [5.41, 5.74) is -0.339. The summed E-state index contributed by atoms with van der Waals surface area (Å²) in [6.07, 6.45) is 1.41. The number of fused-ring (bicyclic) bond motifs is 2. The SMILES string of the molecule is CC(NC(=O)c1c(O)c2ncccc2n(Cc2nc3cc(Cl)ccc3s2)c1=O)C(=O)O. The van der Waals surface area contributed by atoms with Crippen molar-refractivity contribution in [2.45, 2.75) is 19.5 Å². The summed E-state index contributed by atoms with van der Waals surface area (Å²) < 4.78 is 2.16. The standard InChI is InChI=1S/C20H15ClN4O5S/c1-9(20(29)30)23-18(27)15-17(26)16-12(3-2-6-22-16)25(19(15)28)8-14-24-11-7-10(21)4-5-13(11)31-14/h2-7,9,26H,8H2,1H3,(H,23,27)(H,29,30). The third-order valence-electron chi connectivity index (χ3n) is 4.63. The van der Waals surface area contributed by atoms with E-state index in [1.54, 1.807) is 24.3 Å². The van der Waals surface area contributed by atoms with E-state index in [2.05, 4.69) is 15.3 Å². The van der Waals surface area contributed by atoms with Crippen molar-refractivity contribution in [1.82, 2.24) is 19.9 Å². The molecule has 0 aliphatic heterocycles. The fourth-order valence-electron chi connectivity index (χ4n) is 3.10. The van der Waals surface area contributed by atoms with Crippen LogP contribution in [0.15, 0.2) is 41.3 Å². The van der Waals surface area contributed by atoms with Crippen molar-refractivity contribution in [1.29, 1.82) is 0 Å². The van der Waals surface area contributed by atoms with Crippen molar-refractivity contribution in [2.75, 3.05) is 0 Å². The van der Waals surface area contributed by atoms with Gasteiger partial charge >= 0.3 is 5.97 Å². The van der Waals surface area contributed by atoms with Crippen LogP contribution in [0.2, 0.25) is 5.02 Å². The highest BCUT2D eigenvalue weighted by atomic mass is 35.5. The van der Waals surface area contributed by atoms with Crippen LogP contribution in [-0.2, 0) is 11.3 Å². The topological polar surface area (TPSA) is 134 Å². The van der Waals surface area contributed by atoms with Gasteiger partial charge in [-0.3, -0.25) is 23.9 Å². The molecule has 158 valence electrons. The number of halogens is 1. The third-order valence-corrected chi connectivity index (χ3v) is 5.89. The number of carbonyl (C=O) groups is 2. The van der Waals surface area contributed by atoms with Crippen LogP contribution in [0.25, 0.3) is 21.3 Å². The average molecular weight is 459 g/mol. The Morgan fingerprint density at radius 1 is 1.32 bits per heavy atom. The summed E-state index contributed by atoms with van der Waals surface area (Å²) in [4.78, 5) is 45.5. The number of aromatic nitrogens is 3. The van der Waals surface area contributed by atoms with E-state index in [4.69, 9.17) is 16.7 Å². The Hall–Kier alpha value is -3.50. The minimum absolute atomic E-state index is 0.0209. The van der Waals surface area contributed by atoms with Gasteiger partial charge in [0.25, 0.3) is 11.5 Å². The summed E-state index contributed by atoms with van der Waals surface area (Å²) in [7, 11) is 0. The zero-order valence-electron chi connectivity index (χ0n) is 16.0. The number of nitrogens with one attached hydrogen (secondary N) is 1. The Bertz CT molecular complexity index is 1410. The van der Waals surface area contributed by atoms with Gasteiger partial charge in [-0.2, -0.15) is 0 Å². The van der Waals surface area contributed by atoms with Gasteiger partial charge in [-0.1, -0.05) is 11.6 Å². The number of benzene rings is 1. The molecule has 4 aromatic rings. The number of carboxylic acids is 1. The number of nitrogens with zero attached hydrogens (tertiary/aromatic N) is 3. The lowest BCUT2D eigenvalue weighted by Crippen LogP contribution is -2.41. The number of aromatic hydroxyl groups is 1. The molecule has 9 nitrogen and oxygen atoms in total. The third kappa shape index (κ3) is 3.82. The highest BCUT2D eigenvalue weighted by Crippen LogP contribution is 2.28. The highest BCUT2D eigenvalue weighted by molar-refractivity contribution is 7.18. The van der Waals surface area contributed by atoms with Crippen LogP contribution < -0.4 is 10.9 Å². The van der Waals surface area contributed by atoms with Crippen molar-refractivity contribution in [3.05, 3.63) is 62.5 Å². The second kappa shape index (κ2) is 7.97. The lowest BCUT2D eigenvalue weighted by atomic mass is 10.1. The van der Waals surface area contributed by atoms with E-state index >= 15 is 0 Å². The number of carboxylic acid groups (broad SMARTS) is 1. The molecule has 1 amide bonds. The molecule has 11 heteroatoms. The molecule has 0 aliphatic carbocycles. The number of amides is 1. The number of aliphatic carboxylic acids is 1. The monoisotopic (exact) mass is 458 g/mol. The summed E-state index contributed by atoms with van der Waals surface area (Å²) >= 11 is 7.38. The van der Waals surface area contributed by atoms with Gasteiger partial charge in [0, 0.05) is 11.2 Å². The van der Waals surface area contributed by atoms with Gasteiger partial charge in [-0.25, -0.2) is 4.98 Å². The molecule has 1 atom stereocenters. The molecule has 0 saturated carbocycles. The van der Waals surface area contributed by atoms with Crippen molar-refractivity contribution in [2.24, 2.45) is 0 Å². The van der Waals surface area contributed by atoms with Gasteiger partial charge in [0.2, 0.25) is 0 Å². The first kappa shape index (κ1) is 20.8. The molecular formula is C20H15ClN4O5S. The maximum atomic E-state index is 13.2. The van der Waals surface area contributed by atoms with Crippen LogP contribution in [-0.4, -0.2) is 42.7 Å². The van der Waals surface area contributed by atoms with Crippen molar-refractivity contribution >= 4 is 56.1 Å². The number of hydrogen-bond donors (Lipinski definition) is 3. The Labute approximate surface area is 183 Å². The number of carbonyl (C=O) groups excluding carboxylic acids is 1. The first-order valence-corrected chi connectivity index (χ1v) is 10.2. The van der Waals surface area contributed by atoms with E-state index in [1.165, 1.54) is 29.0 Å². The fourth-order valence-corrected chi connectivity index (χ4v) is 4.21. The molecule has 0 aliphatic rings. The predicted molar refractivity (Wildman–Crippen MR) is 116 cm³/mol. The van der Waals surface area contributed by atoms with Crippen LogP contribution in [0.5, 0.6) is 5.75 Å². The molecule has 31 heavy (non-hydrogen) atoms. The van der Waals surface area contributed by atoms with E-state index in [9.17, 15) is 19.5 Å². The van der Waals surface area contributed by atoms with E-state index in [0.717, 1.165) is 4.70 Å². The van der Waals surface area contributed by atoms with Crippen molar-refractivity contribution in [3.63, 3.8) is 0 Å². The molecule has 0 spiro atoms. The maximum Gasteiger partial charge on any atom is 0.325 e. The molecule has 1 unspecified atom stereocenters. The first-order valence-electron chi connectivity index (χ1n) is 9.05. The number of rotatable bonds is 5. The predicted octanol–water partition coefficient (Wildman–Crippen LogP) is 2.62. The largest absolute Gasteiger partial charge is 0.505 e. The molecule has 3 aromatic heterocycles. The summed E-state index contributed by atoms with van der Waals surface area (Å²) in [5, 5.41) is 22.9. The second-order valence-electron chi connectivity index (χ2n) is 6.74. The minimum atomic E-state index is -1.28. The summed E-state index contributed by atoms with van der Waals surface area (Å²) in [6, 6.07) is 7.21. The van der Waals surface area contributed by atoms with Crippen LogP contribution in [0.3, 0.4) is 0 Å². The van der Waals surface area contributed by atoms with Gasteiger partial charge in [0.05, 0.1) is 22.3 Å². The van der Waals surface area contributed by atoms with E-state index in [-0.39, 0.29) is 12.1 Å². The smallest absolute Gasteiger partial charge is 0.325 e. The Balaban J connectivity index is 1.86. The molecule has 0 bridgehead atoms.